The molecule has 21 heavy (non-hydrogen) atoms. The van der Waals surface area contributed by atoms with Gasteiger partial charge in [0.1, 0.15) is 11.5 Å². The van der Waals surface area contributed by atoms with Crippen LogP contribution in [0.15, 0.2) is 18.2 Å². The fourth-order valence-electron chi connectivity index (χ4n) is 3.82. The monoisotopic (exact) mass is 288 g/mol. The molecule has 2 aliphatic rings. The summed E-state index contributed by atoms with van der Waals surface area (Å²) in [5.41, 5.74) is 0.613. The fraction of sp³-hybridized carbons (Fsp3) is 0.611. The van der Waals surface area contributed by atoms with E-state index in [-0.39, 0.29) is 0 Å². The van der Waals surface area contributed by atoms with Crippen molar-refractivity contribution in [1.82, 2.24) is 0 Å². The average molecular weight is 288 g/mol. The summed E-state index contributed by atoms with van der Waals surface area (Å²) >= 11 is 0. The van der Waals surface area contributed by atoms with Gasteiger partial charge in [0.2, 0.25) is 0 Å². The molecule has 1 aromatic rings. The molecule has 114 valence electrons. The Bertz CT molecular complexity index is 497. The molecule has 0 saturated heterocycles. The van der Waals surface area contributed by atoms with Gasteiger partial charge in [0.25, 0.3) is 0 Å². The smallest absolute Gasteiger partial charge is 0.153 e. The first kappa shape index (κ1) is 14.4. The van der Waals surface area contributed by atoms with E-state index in [0.29, 0.717) is 23.8 Å². The molecule has 0 aromatic heterocycles. The summed E-state index contributed by atoms with van der Waals surface area (Å²) in [5, 5.41) is 0. The zero-order valence-corrected chi connectivity index (χ0v) is 12.7. The second-order valence-corrected chi connectivity index (χ2v) is 6.41. The zero-order valence-electron chi connectivity index (χ0n) is 12.7. The molecule has 0 radical (unpaired) electrons. The maximum absolute atomic E-state index is 11.2. The Morgan fingerprint density at radius 1 is 1.24 bits per heavy atom. The molecule has 0 N–H and O–H groups in total. The van der Waals surface area contributed by atoms with Gasteiger partial charge < -0.3 is 9.47 Å². The lowest BCUT2D eigenvalue weighted by Gasteiger charge is -2.22. The molecule has 0 heterocycles. The van der Waals surface area contributed by atoms with Crippen LogP contribution in [0.25, 0.3) is 0 Å². The van der Waals surface area contributed by atoms with E-state index >= 15 is 0 Å². The lowest BCUT2D eigenvalue weighted by Crippen LogP contribution is -2.19. The first-order chi connectivity index (χ1) is 10.3. The van der Waals surface area contributed by atoms with Crippen molar-refractivity contribution in [1.29, 1.82) is 0 Å². The van der Waals surface area contributed by atoms with Gasteiger partial charge in [-0.25, -0.2) is 0 Å². The van der Waals surface area contributed by atoms with E-state index < -0.39 is 0 Å². The average Bonchev–Trinajstić information content (AvgIpc) is 3.13. The summed E-state index contributed by atoms with van der Waals surface area (Å²) in [6, 6.07) is 5.48. The van der Waals surface area contributed by atoms with E-state index in [4.69, 9.17) is 9.47 Å². The van der Waals surface area contributed by atoms with Crippen molar-refractivity contribution >= 4 is 6.29 Å². The van der Waals surface area contributed by atoms with E-state index in [1.54, 1.807) is 6.07 Å². The van der Waals surface area contributed by atoms with Crippen LogP contribution in [-0.2, 0) is 0 Å². The second-order valence-electron chi connectivity index (χ2n) is 6.41. The van der Waals surface area contributed by atoms with Crippen molar-refractivity contribution in [2.45, 2.75) is 39.0 Å². The Balaban J connectivity index is 1.63. The van der Waals surface area contributed by atoms with Gasteiger partial charge in [-0.15, -0.1) is 0 Å². The predicted molar refractivity (Wildman–Crippen MR) is 82.0 cm³/mol. The molecule has 0 spiro atoms. The minimum Gasteiger partial charge on any atom is -0.493 e. The Kier molecular flexibility index (Phi) is 4.47. The molecule has 2 saturated carbocycles. The van der Waals surface area contributed by atoms with Crippen LogP contribution in [0, 0.1) is 17.8 Å². The van der Waals surface area contributed by atoms with Gasteiger partial charge in [-0.1, -0.05) is 13.3 Å². The summed E-state index contributed by atoms with van der Waals surface area (Å²) in [6.07, 6.45) is 7.28. The van der Waals surface area contributed by atoms with Gasteiger partial charge >= 0.3 is 0 Å². The number of benzene rings is 1. The van der Waals surface area contributed by atoms with E-state index in [9.17, 15) is 4.79 Å². The Morgan fingerprint density at radius 3 is 2.81 bits per heavy atom. The lowest BCUT2D eigenvalue weighted by molar-refractivity contribution is 0.111. The summed E-state index contributed by atoms with van der Waals surface area (Å²) in [5.74, 6) is 3.89. The number of carbonyl (C=O) groups excluding carboxylic acids is 1. The van der Waals surface area contributed by atoms with E-state index in [2.05, 4.69) is 6.92 Å². The Labute approximate surface area is 126 Å². The molecule has 1 aromatic carbocycles. The fourth-order valence-corrected chi connectivity index (χ4v) is 3.82. The highest BCUT2D eigenvalue weighted by Gasteiger charge is 2.39. The number of fused-ring (bicyclic) bond motifs is 2. The molecule has 3 unspecified atom stereocenters. The van der Waals surface area contributed by atoms with Crippen LogP contribution in [0.3, 0.4) is 0 Å². The molecule has 2 fully saturated rings. The lowest BCUT2D eigenvalue weighted by atomic mass is 9.89. The van der Waals surface area contributed by atoms with Crippen molar-refractivity contribution in [3.05, 3.63) is 23.8 Å². The van der Waals surface area contributed by atoms with E-state index in [0.717, 1.165) is 36.9 Å². The number of aldehydes is 1. The summed E-state index contributed by atoms with van der Waals surface area (Å²) in [6.45, 7) is 3.50. The van der Waals surface area contributed by atoms with Crippen LogP contribution in [0.2, 0.25) is 0 Å². The maximum atomic E-state index is 11.2. The third-order valence-electron chi connectivity index (χ3n) is 4.92. The quantitative estimate of drug-likeness (QED) is 0.708. The van der Waals surface area contributed by atoms with Crippen molar-refractivity contribution in [3.8, 4) is 11.5 Å². The summed E-state index contributed by atoms with van der Waals surface area (Å²) in [7, 11) is 0. The standard InChI is InChI=1S/C18H24O3/c1-2-7-20-17-6-5-15(11-19)18(10-17)21-12-16-9-13-3-4-14(16)8-13/h5-6,10-11,13-14,16H,2-4,7-9,12H2,1H3. The van der Waals surface area contributed by atoms with Gasteiger partial charge in [0.05, 0.1) is 18.8 Å². The molecule has 2 bridgehead atoms. The summed E-state index contributed by atoms with van der Waals surface area (Å²) < 4.78 is 11.6. The molecule has 0 aliphatic heterocycles. The van der Waals surface area contributed by atoms with Crippen LogP contribution >= 0.6 is 0 Å². The third-order valence-corrected chi connectivity index (χ3v) is 4.92. The molecular formula is C18H24O3. The minimum atomic E-state index is 0.613. The van der Waals surface area contributed by atoms with Crippen LogP contribution in [0.5, 0.6) is 11.5 Å². The van der Waals surface area contributed by atoms with Gasteiger partial charge in [-0.3, -0.25) is 4.79 Å². The number of ether oxygens (including phenoxy) is 2. The zero-order chi connectivity index (χ0) is 14.7. The molecule has 0 amide bonds. The SMILES string of the molecule is CCCOc1ccc(C=O)c(OCC2CC3CCC2C3)c1. The van der Waals surface area contributed by atoms with Crippen molar-refractivity contribution in [2.75, 3.05) is 13.2 Å². The molecular weight excluding hydrogens is 264 g/mol. The Morgan fingerprint density at radius 2 is 2.14 bits per heavy atom. The van der Waals surface area contributed by atoms with Crippen LogP contribution < -0.4 is 9.47 Å². The number of hydrogen-bond acceptors (Lipinski definition) is 3. The summed E-state index contributed by atoms with van der Waals surface area (Å²) in [4.78, 5) is 11.2. The molecule has 3 nitrogen and oxygen atoms in total. The van der Waals surface area contributed by atoms with Crippen molar-refractivity contribution in [2.24, 2.45) is 17.8 Å². The molecule has 3 rings (SSSR count). The van der Waals surface area contributed by atoms with Gasteiger partial charge in [0, 0.05) is 6.07 Å². The topological polar surface area (TPSA) is 35.5 Å². The van der Waals surface area contributed by atoms with Gasteiger partial charge in [-0.2, -0.15) is 0 Å². The minimum absolute atomic E-state index is 0.613. The normalized spacial score (nSPS) is 26.8. The number of rotatable bonds is 7. The van der Waals surface area contributed by atoms with E-state index in [1.807, 2.05) is 12.1 Å². The Hall–Kier alpha value is -1.51. The third kappa shape index (κ3) is 3.22. The highest BCUT2D eigenvalue weighted by atomic mass is 16.5. The van der Waals surface area contributed by atoms with Crippen LogP contribution in [0.1, 0.15) is 49.4 Å². The van der Waals surface area contributed by atoms with E-state index in [1.165, 1.54) is 25.7 Å². The van der Waals surface area contributed by atoms with Gasteiger partial charge in [-0.05, 0) is 55.6 Å². The number of hydrogen-bond donors (Lipinski definition) is 0. The van der Waals surface area contributed by atoms with Crippen molar-refractivity contribution in [3.63, 3.8) is 0 Å². The molecule has 3 atom stereocenters. The largest absolute Gasteiger partial charge is 0.493 e. The van der Waals surface area contributed by atoms with Crippen LogP contribution in [0.4, 0.5) is 0 Å². The highest BCUT2D eigenvalue weighted by molar-refractivity contribution is 5.79. The second kappa shape index (κ2) is 6.50. The van der Waals surface area contributed by atoms with Crippen LogP contribution in [-0.4, -0.2) is 19.5 Å². The maximum Gasteiger partial charge on any atom is 0.153 e. The number of carbonyl (C=O) groups is 1. The molecule has 2 aliphatic carbocycles. The predicted octanol–water partition coefficient (Wildman–Crippen LogP) is 4.10. The highest BCUT2D eigenvalue weighted by Crippen LogP contribution is 2.48. The van der Waals surface area contributed by atoms with Gasteiger partial charge in [0.15, 0.2) is 6.29 Å². The molecule has 3 heteroatoms. The first-order valence-electron chi connectivity index (χ1n) is 8.15. The van der Waals surface area contributed by atoms with Crippen molar-refractivity contribution < 1.29 is 14.3 Å². The first-order valence-corrected chi connectivity index (χ1v) is 8.15.